The number of nitrogens with zero attached hydrogens (tertiary/aromatic N) is 2. The first-order valence-electron chi connectivity index (χ1n) is 5.30. The molecular formula is C13H11N3O2. The Morgan fingerprint density at radius 2 is 2.22 bits per heavy atom. The maximum absolute atomic E-state index is 11.8. The normalized spacial score (nSPS) is 9.83. The molecule has 1 N–H and O–H groups in total. The lowest BCUT2D eigenvalue weighted by molar-refractivity contribution is 0.412. The topological polar surface area (TPSA) is 78.8 Å². The predicted molar refractivity (Wildman–Crippen MR) is 66.3 cm³/mol. The number of benzene rings is 1. The fraction of sp³-hybridized carbons (Fsp3) is 0.154. The van der Waals surface area contributed by atoms with Crippen LogP contribution < -0.4 is 10.3 Å². The third-order valence-corrected chi connectivity index (χ3v) is 2.61. The van der Waals surface area contributed by atoms with E-state index in [1.165, 1.54) is 6.20 Å². The average Bonchev–Trinajstić information content (AvgIpc) is 2.38. The van der Waals surface area contributed by atoms with Crippen LogP contribution in [0.4, 0.5) is 0 Å². The van der Waals surface area contributed by atoms with E-state index in [4.69, 9.17) is 10.00 Å². The number of aromatic amines is 1. The molecule has 0 unspecified atom stereocenters. The maximum Gasteiger partial charge on any atom is 0.259 e. The Hall–Kier alpha value is -2.61. The summed E-state index contributed by atoms with van der Waals surface area (Å²) in [7, 11) is 1.60. The van der Waals surface area contributed by atoms with E-state index < -0.39 is 0 Å². The Morgan fingerprint density at radius 3 is 2.78 bits per heavy atom. The number of ether oxygens (including phenoxy) is 1. The molecule has 5 nitrogen and oxygen atoms in total. The number of H-pyrrole nitrogens is 1. The summed E-state index contributed by atoms with van der Waals surface area (Å²) in [5.74, 6) is 0.769. The van der Waals surface area contributed by atoms with Crippen LogP contribution in [0.15, 0.2) is 29.2 Å². The first kappa shape index (κ1) is 11.9. The molecule has 90 valence electrons. The third-order valence-electron chi connectivity index (χ3n) is 2.61. The molecule has 18 heavy (non-hydrogen) atoms. The fourth-order valence-corrected chi connectivity index (χ4v) is 1.70. The van der Waals surface area contributed by atoms with Gasteiger partial charge in [0.05, 0.1) is 12.7 Å². The molecule has 1 aromatic heterocycles. The molecule has 0 spiro atoms. The zero-order valence-electron chi connectivity index (χ0n) is 10.0. The van der Waals surface area contributed by atoms with Crippen LogP contribution in [0.1, 0.15) is 11.4 Å². The second-order valence-electron chi connectivity index (χ2n) is 3.77. The first-order valence-corrected chi connectivity index (χ1v) is 5.30. The molecule has 2 rings (SSSR count). The minimum Gasteiger partial charge on any atom is -0.496 e. The van der Waals surface area contributed by atoms with E-state index in [9.17, 15) is 4.79 Å². The van der Waals surface area contributed by atoms with E-state index >= 15 is 0 Å². The van der Waals surface area contributed by atoms with Crippen LogP contribution in [-0.2, 0) is 0 Å². The minimum absolute atomic E-state index is 0.00832. The summed E-state index contributed by atoms with van der Waals surface area (Å²) in [6.07, 6.45) is 1.40. The van der Waals surface area contributed by atoms with E-state index in [0.29, 0.717) is 5.56 Å². The predicted octanol–water partition coefficient (Wildman–Crippen LogP) is 1.63. The van der Waals surface area contributed by atoms with Gasteiger partial charge in [-0.1, -0.05) is 6.07 Å². The number of rotatable bonds is 2. The van der Waals surface area contributed by atoms with Gasteiger partial charge in [0, 0.05) is 6.20 Å². The molecule has 0 aliphatic carbocycles. The monoisotopic (exact) mass is 241 g/mol. The molecule has 1 heterocycles. The summed E-state index contributed by atoms with van der Waals surface area (Å²) in [4.78, 5) is 18.1. The van der Waals surface area contributed by atoms with Gasteiger partial charge in [0.1, 0.15) is 11.8 Å². The summed E-state index contributed by atoms with van der Waals surface area (Å²) in [6, 6.07) is 7.21. The zero-order valence-corrected chi connectivity index (χ0v) is 10.0. The highest BCUT2D eigenvalue weighted by atomic mass is 16.5. The molecule has 0 aliphatic heterocycles. The molecule has 0 bridgehead atoms. The van der Waals surface area contributed by atoms with Crippen LogP contribution in [0.5, 0.6) is 5.75 Å². The van der Waals surface area contributed by atoms with Gasteiger partial charge in [-0.2, -0.15) is 5.26 Å². The van der Waals surface area contributed by atoms with Gasteiger partial charge in [-0.15, -0.1) is 0 Å². The minimum atomic E-state index is -0.328. The first-order chi connectivity index (χ1) is 8.65. The van der Waals surface area contributed by atoms with Crippen LogP contribution in [-0.4, -0.2) is 17.1 Å². The van der Waals surface area contributed by atoms with E-state index in [1.54, 1.807) is 25.3 Å². The van der Waals surface area contributed by atoms with Crippen molar-refractivity contribution in [1.29, 1.82) is 5.26 Å². The third kappa shape index (κ3) is 2.09. The molecule has 0 amide bonds. The number of methoxy groups -OCH3 is 1. The van der Waals surface area contributed by atoms with Crippen molar-refractivity contribution in [3.05, 3.63) is 46.1 Å². The molecule has 0 fully saturated rings. The van der Waals surface area contributed by atoms with Crippen LogP contribution in [0.25, 0.3) is 11.1 Å². The highest BCUT2D eigenvalue weighted by Crippen LogP contribution is 2.23. The summed E-state index contributed by atoms with van der Waals surface area (Å²) < 4.78 is 5.16. The largest absolute Gasteiger partial charge is 0.496 e. The van der Waals surface area contributed by atoms with Gasteiger partial charge in [0.15, 0.2) is 0 Å². The smallest absolute Gasteiger partial charge is 0.259 e. The van der Waals surface area contributed by atoms with Crippen molar-refractivity contribution in [2.75, 3.05) is 7.11 Å². The van der Waals surface area contributed by atoms with Crippen molar-refractivity contribution in [3.8, 4) is 22.9 Å². The van der Waals surface area contributed by atoms with Crippen molar-refractivity contribution in [2.45, 2.75) is 6.92 Å². The summed E-state index contributed by atoms with van der Waals surface area (Å²) in [6.45, 7) is 1.90. The van der Waals surface area contributed by atoms with Gasteiger partial charge >= 0.3 is 0 Å². The van der Waals surface area contributed by atoms with E-state index in [1.807, 2.05) is 13.0 Å². The van der Waals surface area contributed by atoms with Crippen LogP contribution in [0, 0.1) is 18.3 Å². The van der Waals surface area contributed by atoms with Gasteiger partial charge in [0.25, 0.3) is 5.56 Å². The molecule has 2 aromatic rings. The summed E-state index contributed by atoms with van der Waals surface area (Å²) in [5, 5.41) is 8.64. The van der Waals surface area contributed by atoms with Gasteiger partial charge in [-0.25, -0.2) is 4.98 Å². The molecule has 0 atom stereocenters. The number of aromatic nitrogens is 2. The Labute approximate surface area is 104 Å². The number of aryl methyl sites for hydroxylation is 1. The molecule has 5 heteroatoms. The van der Waals surface area contributed by atoms with Crippen molar-refractivity contribution in [3.63, 3.8) is 0 Å². The number of nitriles is 1. The van der Waals surface area contributed by atoms with Crippen molar-refractivity contribution >= 4 is 0 Å². The number of hydrogen-bond acceptors (Lipinski definition) is 4. The summed E-state index contributed by atoms with van der Waals surface area (Å²) >= 11 is 0. The van der Waals surface area contributed by atoms with E-state index in [2.05, 4.69) is 9.97 Å². The van der Waals surface area contributed by atoms with Crippen molar-refractivity contribution in [2.24, 2.45) is 0 Å². The van der Waals surface area contributed by atoms with Crippen LogP contribution >= 0.6 is 0 Å². The molecule has 0 saturated heterocycles. The molecule has 0 radical (unpaired) electrons. The van der Waals surface area contributed by atoms with Gasteiger partial charge in [0.2, 0.25) is 5.82 Å². The molecular weight excluding hydrogens is 230 g/mol. The van der Waals surface area contributed by atoms with E-state index in [0.717, 1.165) is 16.9 Å². The van der Waals surface area contributed by atoms with Crippen molar-refractivity contribution in [1.82, 2.24) is 9.97 Å². The van der Waals surface area contributed by atoms with Gasteiger partial charge in [-0.05, 0) is 30.2 Å². The SMILES string of the molecule is COc1ccc(-c2cnc(C#N)[nH]c2=O)cc1C. The molecule has 0 saturated carbocycles. The molecule has 1 aromatic carbocycles. The van der Waals surface area contributed by atoms with E-state index in [-0.39, 0.29) is 11.4 Å². The van der Waals surface area contributed by atoms with Crippen LogP contribution in [0.2, 0.25) is 0 Å². The second-order valence-corrected chi connectivity index (χ2v) is 3.77. The van der Waals surface area contributed by atoms with Crippen LogP contribution in [0.3, 0.4) is 0 Å². The summed E-state index contributed by atoms with van der Waals surface area (Å²) in [5.41, 5.74) is 1.77. The standard InChI is InChI=1S/C13H11N3O2/c1-8-5-9(3-4-11(8)18-2)10-7-15-12(6-14)16-13(10)17/h3-5,7H,1-2H3,(H,15,16,17). The molecule has 0 aliphatic rings. The average molecular weight is 241 g/mol. The highest BCUT2D eigenvalue weighted by molar-refractivity contribution is 5.64. The maximum atomic E-state index is 11.8. The van der Waals surface area contributed by atoms with Gasteiger partial charge in [-0.3, -0.25) is 9.78 Å². The Kier molecular flexibility index (Phi) is 3.11. The number of hydrogen-bond donors (Lipinski definition) is 1. The fourth-order valence-electron chi connectivity index (χ4n) is 1.70. The Bertz CT molecular complexity index is 683. The lowest BCUT2D eigenvalue weighted by Gasteiger charge is -2.06. The van der Waals surface area contributed by atoms with Gasteiger partial charge < -0.3 is 4.74 Å². The Morgan fingerprint density at radius 1 is 1.44 bits per heavy atom. The quantitative estimate of drug-likeness (QED) is 0.866. The highest BCUT2D eigenvalue weighted by Gasteiger charge is 2.07. The number of nitrogens with one attached hydrogen (secondary N) is 1. The zero-order chi connectivity index (χ0) is 13.1. The lowest BCUT2D eigenvalue weighted by Crippen LogP contribution is -2.11. The van der Waals surface area contributed by atoms with Crippen molar-refractivity contribution < 1.29 is 4.74 Å². The Balaban J connectivity index is 2.53. The second kappa shape index (κ2) is 4.72. The lowest BCUT2D eigenvalue weighted by atomic mass is 10.1.